The van der Waals surface area contributed by atoms with Crippen LogP contribution in [0.25, 0.3) is 0 Å². The molecule has 0 fully saturated rings. The van der Waals surface area contributed by atoms with Gasteiger partial charge in [0.25, 0.3) is 0 Å². The van der Waals surface area contributed by atoms with Crippen LogP contribution in [0.1, 0.15) is 10.4 Å². The van der Waals surface area contributed by atoms with Gasteiger partial charge in [-0.3, -0.25) is 0 Å². The number of aromatic nitrogens is 2. The highest BCUT2D eigenvalue weighted by Crippen LogP contribution is 2.30. The fourth-order valence-corrected chi connectivity index (χ4v) is 2.40. The first-order valence-corrected chi connectivity index (χ1v) is 6.84. The molecule has 0 saturated heterocycles. The predicted molar refractivity (Wildman–Crippen MR) is 76.0 cm³/mol. The minimum Gasteiger partial charge on any atom is -0.465 e. The molecule has 0 radical (unpaired) electrons. The molecule has 98 valence electrons. The molecular weight excluding hydrogens is 330 g/mol. The van der Waals surface area contributed by atoms with E-state index in [2.05, 4.69) is 25.9 Å². The summed E-state index contributed by atoms with van der Waals surface area (Å²) in [5.74, 6) is -0.178. The Bertz CT molecular complexity index is 604. The van der Waals surface area contributed by atoms with E-state index in [0.29, 0.717) is 10.5 Å². The number of nitrogen functional groups attached to an aromatic ring is 1. The van der Waals surface area contributed by atoms with Gasteiger partial charge in [-0.05, 0) is 34.1 Å². The predicted octanol–water partition coefficient (Wildman–Crippen LogP) is 2.76. The second-order valence-corrected chi connectivity index (χ2v) is 5.49. The molecule has 0 aromatic carbocycles. The van der Waals surface area contributed by atoms with Crippen LogP contribution in [0.5, 0.6) is 0 Å². The third kappa shape index (κ3) is 3.45. The highest BCUT2D eigenvalue weighted by atomic mass is 79.9. The van der Waals surface area contributed by atoms with E-state index in [0.717, 1.165) is 9.50 Å². The molecule has 0 aliphatic carbocycles. The van der Waals surface area contributed by atoms with E-state index < -0.39 is 5.97 Å². The number of pyridine rings is 2. The van der Waals surface area contributed by atoms with Crippen molar-refractivity contribution >= 4 is 39.5 Å². The second kappa shape index (κ2) is 6.03. The summed E-state index contributed by atoms with van der Waals surface area (Å²) < 4.78 is 5.61. The number of ether oxygens (including phenoxy) is 1. The van der Waals surface area contributed by atoms with E-state index in [1.54, 1.807) is 6.20 Å². The first-order chi connectivity index (χ1) is 9.10. The largest absolute Gasteiger partial charge is 0.465 e. The lowest BCUT2D eigenvalue weighted by atomic mass is 10.2. The van der Waals surface area contributed by atoms with Crippen LogP contribution >= 0.6 is 27.7 Å². The van der Waals surface area contributed by atoms with Crippen molar-refractivity contribution in [3.05, 3.63) is 40.6 Å². The van der Waals surface area contributed by atoms with E-state index >= 15 is 0 Å². The molecular formula is C12H10BrN3O2S. The van der Waals surface area contributed by atoms with E-state index in [1.165, 1.54) is 31.1 Å². The Hall–Kier alpha value is -1.60. The van der Waals surface area contributed by atoms with Crippen LogP contribution in [0.3, 0.4) is 0 Å². The Kier molecular flexibility index (Phi) is 4.39. The van der Waals surface area contributed by atoms with E-state index in [9.17, 15) is 4.79 Å². The average molecular weight is 340 g/mol. The minimum atomic E-state index is -0.450. The third-order valence-corrected chi connectivity index (χ3v) is 3.67. The quantitative estimate of drug-likeness (QED) is 0.866. The Morgan fingerprint density at radius 3 is 2.79 bits per heavy atom. The molecule has 2 rings (SSSR count). The van der Waals surface area contributed by atoms with Gasteiger partial charge in [-0.15, -0.1) is 0 Å². The number of nitrogens with two attached hydrogens (primary N) is 1. The summed E-state index contributed by atoms with van der Waals surface area (Å²) >= 11 is 4.64. The number of carbonyl (C=O) groups is 1. The molecule has 19 heavy (non-hydrogen) atoms. The van der Waals surface area contributed by atoms with Gasteiger partial charge < -0.3 is 10.5 Å². The number of rotatable bonds is 3. The molecule has 7 heteroatoms. The molecule has 2 aromatic rings. The number of anilines is 1. The molecule has 0 unspecified atom stereocenters. The van der Waals surface area contributed by atoms with Gasteiger partial charge in [0.05, 0.1) is 12.7 Å². The number of hydrogen-bond acceptors (Lipinski definition) is 6. The van der Waals surface area contributed by atoms with Crippen molar-refractivity contribution in [3.8, 4) is 0 Å². The smallest absolute Gasteiger partial charge is 0.339 e. The van der Waals surface area contributed by atoms with Crippen molar-refractivity contribution in [2.75, 3.05) is 12.8 Å². The van der Waals surface area contributed by atoms with Gasteiger partial charge in [0.1, 0.15) is 10.8 Å². The maximum absolute atomic E-state index is 11.7. The molecule has 0 saturated carbocycles. The monoisotopic (exact) mass is 339 g/mol. The minimum absolute atomic E-state index is 0.272. The molecule has 0 amide bonds. The molecule has 5 nitrogen and oxygen atoms in total. The molecule has 2 N–H and O–H groups in total. The van der Waals surface area contributed by atoms with Gasteiger partial charge >= 0.3 is 5.97 Å². The lowest BCUT2D eigenvalue weighted by molar-refractivity contribution is 0.0596. The van der Waals surface area contributed by atoms with Gasteiger partial charge in [-0.25, -0.2) is 14.8 Å². The maximum atomic E-state index is 11.7. The summed E-state index contributed by atoms with van der Waals surface area (Å²) in [6.07, 6.45) is 3.22. The molecule has 2 aromatic heterocycles. The Morgan fingerprint density at radius 2 is 2.16 bits per heavy atom. The number of hydrogen-bond donors (Lipinski definition) is 1. The van der Waals surface area contributed by atoms with E-state index in [-0.39, 0.29) is 5.82 Å². The van der Waals surface area contributed by atoms with Crippen LogP contribution in [0.15, 0.2) is 45.0 Å². The number of esters is 1. The van der Waals surface area contributed by atoms with Crippen LogP contribution in [-0.2, 0) is 4.74 Å². The summed E-state index contributed by atoms with van der Waals surface area (Å²) in [7, 11) is 1.32. The summed E-state index contributed by atoms with van der Waals surface area (Å²) in [6.45, 7) is 0. The van der Waals surface area contributed by atoms with Crippen LogP contribution in [-0.4, -0.2) is 23.0 Å². The van der Waals surface area contributed by atoms with E-state index in [1.807, 2.05) is 12.1 Å². The second-order valence-electron chi connectivity index (χ2n) is 3.51. The zero-order chi connectivity index (χ0) is 13.8. The molecule has 0 bridgehead atoms. The Balaban J connectivity index is 2.34. The number of methoxy groups -OCH3 is 1. The molecule has 2 heterocycles. The third-order valence-electron chi connectivity index (χ3n) is 2.21. The Labute approximate surface area is 122 Å². The summed E-state index contributed by atoms with van der Waals surface area (Å²) in [5.41, 5.74) is 5.96. The number of carbonyl (C=O) groups excluding carboxylic acids is 1. The lowest BCUT2D eigenvalue weighted by Gasteiger charge is -2.07. The highest BCUT2D eigenvalue weighted by molar-refractivity contribution is 9.10. The van der Waals surface area contributed by atoms with Gasteiger partial charge in [0.15, 0.2) is 0 Å². The zero-order valence-corrected chi connectivity index (χ0v) is 12.4. The molecule has 0 spiro atoms. The fraction of sp³-hybridized carbons (Fsp3) is 0.0833. The van der Waals surface area contributed by atoms with Crippen LogP contribution in [0.4, 0.5) is 5.82 Å². The Morgan fingerprint density at radius 1 is 1.37 bits per heavy atom. The van der Waals surface area contributed by atoms with Crippen molar-refractivity contribution in [1.29, 1.82) is 0 Å². The average Bonchev–Trinajstić information content (AvgIpc) is 2.42. The molecule has 0 aliphatic rings. The van der Waals surface area contributed by atoms with Crippen molar-refractivity contribution in [2.24, 2.45) is 0 Å². The van der Waals surface area contributed by atoms with Crippen molar-refractivity contribution in [1.82, 2.24) is 9.97 Å². The van der Waals surface area contributed by atoms with Crippen molar-refractivity contribution in [3.63, 3.8) is 0 Å². The summed E-state index contributed by atoms with van der Waals surface area (Å²) in [6, 6.07) is 5.21. The summed E-state index contributed by atoms with van der Waals surface area (Å²) in [5, 5.41) is 0.750. The number of halogens is 1. The van der Waals surface area contributed by atoms with Gasteiger partial charge in [-0.2, -0.15) is 0 Å². The van der Waals surface area contributed by atoms with Crippen LogP contribution < -0.4 is 5.73 Å². The fourth-order valence-electron chi connectivity index (χ4n) is 1.35. The van der Waals surface area contributed by atoms with Gasteiger partial charge in [0.2, 0.25) is 0 Å². The first kappa shape index (κ1) is 13.8. The van der Waals surface area contributed by atoms with Crippen molar-refractivity contribution < 1.29 is 9.53 Å². The standard InChI is InChI=1S/C12H10BrN3O2S/c1-18-12(17)8-4-10(14)15-6-9(8)19-11-3-2-7(13)5-16-11/h2-6H,1H3,(H2,14,15). The van der Waals surface area contributed by atoms with Gasteiger partial charge in [0, 0.05) is 21.8 Å². The highest BCUT2D eigenvalue weighted by Gasteiger charge is 2.14. The topological polar surface area (TPSA) is 78.1 Å². The normalized spacial score (nSPS) is 10.2. The van der Waals surface area contributed by atoms with Crippen LogP contribution in [0.2, 0.25) is 0 Å². The lowest BCUT2D eigenvalue weighted by Crippen LogP contribution is -2.05. The van der Waals surface area contributed by atoms with Crippen molar-refractivity contribution in [2.45, 2.75) is 9.92 Å². The maximum Gasteiger partial charge on any atom is 0.339 e. The first-order valence-electron chi connectivity index (χ1n) is 5.23. The van der Waals surface area contributed by atoms with Crippen LogP contribution in [0, 0.1) is 0 Å². The molecule has 0 atom stereocenters. The SMILES string of the molecule is COC(=O)c1cc(N)ncc1Sc1ccc(Br)cn1. The zero-order valence-electron chi connectivity index (χ0n) is 9.96. The van der Waals surface area contributed by atoms with Gasteiger partial charge in [-0.1, -0.05) is 11.8 Å². The summed E-state index contributed by atoms with van der Waals surface area (Å²) in [4.78, 5) is 20.5. The van der Waals surface area contributed by atoms with E-state index in [4.69, 9.17) is 10.5 Å². The molecule has 0 aliphatic heterocycles. The number of nitrogens with zero attached hydrogens (tertiary/aromatic N) is 2.